The van der Waals surface area contributed by atoms with Crippen molar-refractivity contribution in [1.82, 2.24) is 29.5 Å². The third-order valence-electron chi connectivity index (χ3n) is 7.21. The van der Waals surface area contributed by atoms with Gasteiger partial charge in [0.25, 0.3) is 10.0 Å². The Bertz CT molecular complexity index is 1670. The molecule has 10 nitrogen and oxygen atoms in total. The zero-order valence-corrected chi connectivity index (χ0v) is 24.8. The fourth-order valence-corrected chi connectivity index (χ4v) is 6.97. The molecule has 0 aliphatic carbocycles. The normalized spacial score (nSPS) is 14.7. The molecule has 218 valence electrons. The zero-order valence-electron chi connectivity index (χ0n) is 22.4. The first kappa shape index (κ1) is 29.7. The van der Waals surface area contributed by atoms with Crippen LogP contribution in [0.5, 0.6) is 0 Å². The van der Waals surface area contributed by atoms with Gasteiger partial charge in [-0.05, 0) is 86.9 Å². The molecule has 0 unspecified atom stereocenters. The Morgan fingerprint density at radius 3 is 2.49 bits per heavy atom. The first-order valence-corrected chi connectivity index (χ1v) is 15.7. The molecule has 0 saturated carbocycles. The van der Waals surface area contributed by atoms with Crippen molar-refractivity contribution in [2.24, 2.45) is 5.73 Å². The maximum absolute atomic E-state index is 14.1. The van der Waals surface area contributed by atoms with Crippen LogP contribution in [0.1, 0.15) is 30.4 Å². The molecule has 0 spiro atoms. The van der Waals surface area contributed by atoms with Gasteiger partial charge in [0.05, 0.1) is 15.7 Å². The number of nitrogens with one attached hydrogen (secondary N) is 3. The van der Waals surface area contributed by atoms with Crippen molar-refractivity contribution < 1.29 is 8.42 Å². The van der Waals surface area contributed by atoms with Crippen molar-refractivity contribution >= 4 is 44.3 Å². The molecule has 2 aromatic heterocycles. The molecule has 13 heteroatoms. The van der Waals surface area contributed by atoms with E-state index in [9.17, 15) is 13.2 Å². The molecular formula is C28H33Cl2N7O3S. The Labute approximate surface area is 248 Å². The second-order valence-electron chi connectivity index (χ2n) is 10.1. The Kier molecular flexibility index (Phi) is 9.45. The van der Waals surface area contributed by atoms with Crippen LogP contribution in [0.2, 0.25) is 10.0 Å². The van der Waals surface area contributed by atoms with E-state index in [0.717, 1.165) is 24.1 Å². The molecule has 0 bridgehead atoms. The maximum Gasteiger partial charge on any atom is 0.354 e. The molecule has 5 rings (SSSR count). The minimum absolute atomic E-state index is 0.0188. The van der Waals surface area contributed by atoms with Gasteiger partial charge in [0.15, 0.2) is 0 Å². The number of rotatable bonds is 11. The van der Waals surface area contributed by atoms with Crippen molar-refractivity contribution in [3.05, 3.63) is 86.4 Å². The number of fused-ring (bicyclic) bond motifs is 1. The monoisotopic (exact) mass is 617 g/mol. The maximum atomic E-state index is 14.1. The van der Waals surface area contributed by atoms with Gasteiger partial charge in [0.1, 0.15) is 10.7 Å². The van der Waals surface area contributed by atoms with Crippen molar-refractivity contribution in [3.63, 3.8) is 0 Å². The van der Waals surface area contributed by atoms with Crippen LogP contribution in [0.25, 0.3) is 16.7 Å². The highest BCUT2D eigenvalue weighted by molar-refractivity contribution is 7.89. The van der Waals surface area contributed by atoms with Gasteiger partial charge in [-0.2, -0.15) is 9.29 Å². The number of nitrogens with two attached hydrogens (primary N) is 1. The molecule has 5 N–H and O–H groups in total. The van der Waals surface area contributed by atoms with E-state index in [4.69, 9.17) is 28.9 Å². The average molecular weight is 619 g/mol. The summed E-state index contributed by atoms with van der Waals surface area (Å²) < 4.78 is 31.0. The molecule has 1 aliphatic rings. The first-order valence-electron chi connectivity index (χ1n) is 13.6. The van der Waals surface area contributed by atoms with Crippen LogP contribution in [0.15, 0.2) is 64.5 Å². The second-order valence-corrected chi connectivity index (χ2v) is 12.8. The zero-order chi connectivity index (χ0) is 29.0. The molecule has 0 atom stereocenters. The molecule has 1 saturated heterocycles. The van der Waals surface area contributed by atoms with Crippen LogP contribution in [-0.2, 0) is 23.1 Å². The van der Waals surface area contributed by atoms with E-state index in [1.165, 1.54) is 14.9 Å². The number of benzene rings is 2. The summed E-state index contributed by atoms with van der Waals surface area (Å²) in [5.74, 6) is 0. The van der Waals surface area contributed by atoms with Gasteiger partial charge in [0, 0.05) is 30.7 Å². The molecule has 4 aromatic rings. The van der Waals surface area contributed by atoms with E-state index in [1.54, 1.807) is 24.4 Å². The summed E-state index contributed by atoms with van der Waals surface area (Å²) in [5.41, 5.74) is 7.67. The molecule has 41 heavy (non-hydrogen) atoms. The van der Waals surface area contributed by atoms with Crippen molar-refractivity contribution in [2.75, 3.05) is 26.2 Å². The van der Waals surface area contributed by atoms with Gasteiger partial charge in [0.2, 0.25) is 0 Å². The van der Waals surface area contributed by atoms with Crippen LogP contribution in [0, 0.1) is 0 Å². The summed E-state index contributed by atoms with van der Waals surface area (Å²) in [6.45, 7) is 3.73. The highest BCUT2D eigenvalue weighted by atomic mass is 35.5. The highest BCUT2D eigenvalue weighted by Gasteiger charge is 2.34. The summed E-state index contributed by atoms with van der Waals surface area (Å²) in [6, 6.07) is 14.0. The van der Waals surface area contributed by atoms with Gasteiger partial charge in [-0.25, -0.2) is 13.2 Å². The van der Waals surface area contributed by atoms with Crippen LogP contribution in [-0.4, -0.2) is 59.5 Å². The number of hydrogen-bond donors (Lipinski definition) is 4. The Morgan fingerprint density at radius 2 is 1.78 bits per heavy atom. The fraction of sp³-hybridized carbons (Fsp3) is 0.357. The quantitative estimate of drug-likeness (QED) is 0.189. The smallest absolute Gasteiger partial charge is 0.330 e. The number of aromatic amines is 1. The standard InChI is InChI=1S/C28H33Cl2N7O3S/c29-24-7-4-20(14-25(24)30)17-37(23-8-12-32-13-9-23)41(39,40)26-15-21-18-36(28(38)35-27(21)34-26)22-5-2-19(3-6-22)16-33-11-1-10-31/h2-7,14-15,18,23,32-33H,1,8-13,16-17,31H2,(H,34,35,38). The minimum atomic E-state index is -3.98. The van der Waals surface area contributed by atoms with Gasteiger partial charge < -0.3 is 21.4 Å². The predicted octanol–water partition coefficient (Wildman–Crippen LogP) is 3.40. The minimum Gasteiger partial charge on any atom is -0.330 e. The number of hydrogen-bond acceptors (Lipinski definition) is 7. The lowest BCUT2D eigenvalue weighted by Crippen LogP contribution is -2.45. The summed E-state index contributed by atoms with van der Waals surface area (Å²) >= 11 is 12.3. The van der Waals surface area contributed by atoms with E-state index in [1.807, 2.05) is 24.3 Å². The third kappa shape index (κ3) is 6.83. The number of piperidine rings is 1. The summed E-state index contributed by atoms with van der Waals surface area (Å²) in [6.07, 6.45) is 3.85. The van der Waals surface area contributed by atoms with Crippen LogP contribution < -0.4 is 22.1 Å². The topological polar surface area (TPSA) is 138 Å². The van der Waals surface area contributed by atoms with E-state index in [0.29, 0.717) is 60.1 Å². The van der Waals surface area contributed by atoms with Crippen LogP contribution >= 0.6 is 23.2 Å². The Balaban J connectivity index is 1.44. The van der Waals surface area contributed by atoms with E-state index in [-0.39, 0.29) is 23.3 Å². The van der Waals surface area contributed by atoms with Crippen LogP contribution in [0.3, 0.4) is 0 Å². The largest absolute Gasteiger partial charge is 0.354 e. The molecule has 0 amide bonds. The van der Waals surface area contributed by atoms with E-state index >= 15 is 0 Å². The number of nitrogens with zero attached hydrogens (tertiary/aromatic N) is 3. The van der Waals surface area contributed by atoms with Crippen LogP contribution in [0.4, 0.5) is 0 Å². The van der Waals surface area contributed by atoms with E-state index < -0.39 is 15.7 Å². The van der Waals surface area contributed by atoms with E-state index in [2.05, 4.69) is 20.6 Å². The molecule has 1 aliphatic heterocycles. The lowest BCUT2D eigenvalue weighted by molar-refractivity contribution is 0.256. The molecule has 1 fully saturated rings. The summed E-state index contributed by atoms with van der Waals surface area (Å²) in [7, 11) is -3.98. The molecule has 2 aromatic carbocycles. The van der Waals surface area contributed by atoms with Gasteiger partial charge in [-0.3, -0.25) is 4.57 Å². The van der Waals surface area contributed by atoms with Crippen molar-refractivity contribution in [1.29, 1.82) is 0 Å². The molecule has 3 heterocycles. The highest BCUT2D eigenvalue weighted by Crippen LogP contribution is 2.29. The number of halogens is 2. The third-order valence-corrected chi connectivity index (χ3v) is 9.77. The lowest BCUT2D eigenvalue weighted by Gasteiger charge is -2.33. The van der Waals surface area contributed by atoms with Gasteiger partial charge >= 0.3 is 5.69 Å². The fourth-order valence-electron chi connectivity index (χ4n) is 4.98. The number of H-pyrrole nitrogens is 1. The number of aromatic nitrogens is 3. The molecule has 0 radical (unpaired) electrons. The number of sulfonamides is 1. The van der Waals surface area contributed by atoms with Gasteiger partial charge in [-0.15, -0.1) is 0 Å². The molecular weight excluding hydrogens is 585 g/mol. The Morgan fingerprint density at radius 1 is 1.05 bits per heavy atom. The SMILES string of the molecule is NCCCNCc1ccc(-n2cc3cc(S(=O)(=O)N(Cc4ccc(Cl)c(Cl)c4)C4CCNCC4)[nH]c3nc2=O)cc1. The summed E-state index contributed by atoms with van der Waals surface area (Å²) in [5, 5.41) is 7.87. The predicted molar refractivity (Wildman–Crippen MR) is 162 cm³/mol. The Hall–Kier alpha value is -2.77. The van der Waals surface area contributed by atoms with Gasteiger partial charge in [-0.1, -0.05) is 41.4 Å². The lowest BCUT2D eigenvalue weighted by atomic mass is 10.1. The average Bonchev–Trinajstić information content (AvgIpc) is 3.40. The van der Waals surface area contributed by atoms with Crippen molar-refractivity contribution in [2.45, 2.75) is 43.4 Å². The first-order chi connectivity index (χ1) is 19.8. The van der Waals surface area contributed by atoms with Crippen molar-refractivity contribution in [3.8, 4) is 5.69 Å². The second kappa shape index (κ2) is 13.0. The summed E-state index contributed by atoms with van der Waals surface area (Å²) in [4.78, 5) is 20.0.